The van der Waals surface area contributed by atoms with Crippen LogP contribution in [0.25, 0.3) is 93.9 Å². The number of pyridine rings is 1. The van der Waals surface area contributed by atoms with E-state index in [4.69, 9.17) is 4.98 Å². The highest BCUT2D eigenvalue weighted by Gasteiger charge is 2.19. The van der Waals surface area contributed by atoms with E-state index in [1.54, 1.807) is 0 Å². The van der Waals surface area contributed by atoms with Gasteiger partial charge in [0.05, 0.1) is 33.1 Å². The Balaban J connectivity index is 1.22. The summed E-state index contributed by atoms with van der Waals surface area (Å²) < 4.78 is 7.03. The number of hydrogen-bond acceptors (Lipinski definition) is 1. The summed E-state index contributed by atoms with van der Waals surface area (Å²) in [6.45, 7) is 0. The zero-order valence-electron chi connectivity index (χ0n) is 27.6. The third-order valence-corrected chi connectivity index (χ3v) is 10.4. The highest BCUT2D eigenvalue weighted by Crippen LogP contribution is 2.38. The number of fused-ring (bicyclic) bond motifs is 9. The van der Waals surface area contributed by atoms with Gasteiger partial charge in [-0.2, -0.15) is 0 Å². The maximum absolute atomic E-state index is 5.52. The number of benzene rings is 7. The molecule has 4 aromatic heterocycles. The molecule has 0 N–H and O–H groups in total. The molecule has 7 aromatic carbocycles. The summed E-state index contributed by atoms with van der Waals surface area (Å²) in [4.78, 5) is 5.52. The van der Waals surface area contributed by atoms with Crippen LogP contribution in [0.4, 0.5) is 0 Å². The third kappa shape index (κ3) is 4.11. The molecule has 4 nitrogen and oxygen atoms in total. The van der Waals surface area contributed by atoms with Crippen LogP contribution < -0.4 is 0 Å². The van der Waals surface area contributed by atoms with Gasteiger partial charge in [0.1, 0.15) is 11.6 Å². The van der Waals surface area contributed by atoms with Crippen LogP contribution in [-0.2, 0) is 0 Å². The fourth-order valence-corrected chi connectivity index (χ4v) is 8.26. The largest absolute Gasteiger partial charge is 0.309 e. The van der Waals surface area contributed by atoms with Gasteiger partial charge in [-0.1, -0.05) is 121 Å². The second-order valence-electron chi connectivity index (χ2n) is 13.2. The van der Waals surface area contributed by atoms with Crippen molar-refractivity contribution >= 4 is 65.4 Å². The number of nitrogens with zero attached hydrogens (tertiary/aromatic N) is 4. The first-order valence-corrected chi connectivity index (χ1v) is 17.4. The van der Waals surface area contributed by atoms with Crippen LogP contribution in [0.1, 0.15) is 0 Å². The highest BCUT2D eigenvalue weighted by atomic mass is 15.1. The van der Waals surface area contributed by atoms with Gasteiger partial charge in [-0.25, -0.2) is 4.98 Å². The standard InChI is InChI=1S/C47H30N4/c1-7-22-40-34(16-1)35-17-2-8-23-41(35)49(40)33-15-13-14-31(28-33)32-29-46(50-42-24-9-3-18-36(42)37-19-4-10-25-43(37)50)48-47(30-32)51-44-26-11-5-20-38(44)39-21-6-12-27-45(39)51/h1-30H. The lowest BCUT2D eigenvalue weighted by Crippen LogP contribution is -2.04. The van der Waals surface area contributed by atoms with E-state index < -0.39 is 0 Å². The lowest BCUT2D eigenvalue weighted by Gasteiger charge is -2.15. The van der Waals surface area contributed by atoms with Crippen LogP contribution in [0.5, 0.6) is 0 Å². The molecule has 0 aliphatic heterocycles. The van der Waals surface area contributed by atoms with Crippen LogP contribution >= 0.6 is 0 Å². The summed E-state index contributed by atoms with van der Waals surface area (Å²) in [5.74, 6) is 1.76. The van der Waals surface area contributed by atoms with Gasteiger partial charge in [0.25, 0.3) is 0 Å². The molecule has 238 valence electrons. The van der Waals surface area contributed by atoms with Crippen LogP contribution in [0.2, 0.25) is 0 Å². The minimum Gasteiger partial charge on any atom is -0.309 e. The zero-order valence-corrected chi connectivity index (χ0v) is 27.6. The summed E-state index contributed by atoms with van der Waals surface area (Å²) in [5.41, 5.74) is 10.3. The molecule has 0 unspecified atom stereocenters. The molecule has 0 aliphatic rings. The number of para-hydroxylation sites is 6. The van der Waals surface area contributed by atoms with Crippen LogP contribution in [0.15, 0.2) is 182 Å². The zero-order chi connectivity index (χ0) is 33.5. The lowest BCUT2D eigenvalue weighted by atomic mass is 10.1. The van der Waals surface area contributed by atoms with Crippen molar-refractivity contribution in [2.75, 3.05) is 0 Å². The Labute approximate surface area is 293 Å². The SMILES string of the molecule is c1cc(-c2cc(-n3c4ccccc4c4ccccc43)nc(-n3c4ccccc4c4ccccc43)c2)cc(-n2c3ccccc3c3ccccc32)c1. The molecular formula is C47H30N4. The highest BCUT2D eigenvalue weighted by molar-refractivity contribution is 6.11. The first-order valence-electron chi connectivity index (χ1n) is 17.4. The summed E-state index contributed by atoms with van der Waals surface area (Å²) in [6.07, 6.45) is 0. The summed E-state index contributed by atoms with van der Waals surface area (Å²) in [7, 11) is 0. The molecule has 0 fully saturated rings. The quantitative estimate of drug-likeness (QED) is 0.186. The molecule has 0 spiro atoms. The van der Waals surface area contributed by atoms with Crippen molar-refractivity contribution < 1.29 is 0 Å². The Hall–Kier alpha value is -6.91. The Morgan fingerprint density at radius 1 is 0.275 bits per heavy atom. The molecule has 0 saturated carbocycles. The van der Waals surface area contributed by atoms with Gasteiger partial charge in [0.15, 0.2) is 0 Å². The molecule has 0 radical (unpaired) electrons. The van der Waals surface area contributed by atoms with E-state index in [2.05, 4.69) is 196 Å². The molecule has 51 heavy (non-hydrogen) atoms. The monoisotopic (exact) mass is 650 g/mol. The van der Waals surface area contributed by atoms with E-state index in [0.717, 1.165) is 50.5 Å². The van der Waals surface area contributed by atoms with E-state index in [1.165, 1.54) is 43.4 Å². The second kappa shape index (κ2) is 10.8. The van der Waals surface area contributed by atoms with Crippen molar-refractivity contribution in [2.24, 2.45) is 0 Å². The van der Waals surface area contributed by atoms with E-state index in [1.807, 2.05) is 0 Å². The van der Waals surface area contributed by atoms with E-state index in [-0.39, 0.29) is 0 Å². The van der Waals surface area contributed by atoms with Crippen molar-refractivity contribution in [1.82, 2.24) is 18.7 Å². The first-order chi connectivity index (χ1) is 25.3. The number of rotatable bonds is 4. The molecule has 0 saturated heterocycles. The van der Waals surface area contributed by atoms with Crippen LogP contribution in [0.3, 0.4) is 0 Å². The van der Waals surface area contributed by atoms with E-state index >= 15 is 0 Å². The molecule has 0 amide bonds. The molecule has 0 atom stereocenters. The fraction of sp³-hybridized carbons (Fsp3) is 0. The first kappa shape index (κ1) is 28.0. The van der Waals surface area contributed by atoms with Crippen molar-refractivity contribution in [3.63, 3.8) is 0 Å². The fourth-order valence-electron chi connectivity index (χ4n) is 8.26. The smallest absolute Gasteiger partial charge is 0.140 e. The summed E-state index contributed by atoms with van der Waals surface area (Å²) >= 11 is 0. The third-order valence-electron chi connectivity index (χ3n) is 10.4. The normalized spacial score (nSPS) is 11.9. The second-order valence-corrected chi connectivity index (χ2v) is 13.2. The van der Waals surface area contributed by atoms with Crippen molar-refractivity contribution in [1.29, 1.82) is 0 Å². The lowest BCUT2D eigenvalue weighted by molar-refractivity contribution is 1.01. The van der Waals surface area contributed by atoms with Gasteiger partial charge in [0.2, 0.25) is 0 Å². The van der Waals surface area contributed by atoms with Gasteiger partial charge in [-0.05, 0) is 71.8 Å². The minimum absolute atomic E-state index is 0.879. The molecule has 0 bridgehead atoms. The predicted molar refractivity (Wildman–Crippen MR) is 213 cm³/mol. The van der Waals surface area contributed by atoms with Gasteiger partial charge in [-0.15, -0.1) is 0 Å². The summed E-state index contributed by atoms with van der Waals surface area (Å²) in [6, 6.07) is 65.4. The number of hydrogen-bond donors (Lipinski definition) is 0. The van der Waals surface area contributed by atoms with Crippen LogP contribution in [0, 0.1) is 0 Å². The van der Waals surface area contributed by atoms with E-state index in [9.17, 15) is 0 Å². The van der Waals surface area contributed by atoms with Gasteiger partial charge in [-0.3, -0.25) is 9.13 Å². The van der Waals surface area contributed by atoms with Gasteiger partial charge < -0.3 is 4.57 Å². The van der Waals surface area contributed by atoms with Crippen molar-refractivity contribution in [3.05, 3.63) is 182 Å². The topological polar surface area (TPSA) is 27.7 Å². The Morgan fingerprint density at radius 2 is 0.608 bits per heavy atom. The Bertz CT molecular complexity index is 2860. The maximum Gasteiger partial charge on any atom is 0.140 e. The average molecular weight is 651 g/mol. The molecular weight excluding hydrogens is 621 g/mol. The summed E-state index contributed by atoms with van der Waals surface area (Å²) in [5, 5.41) is 7.37. The minimum atomic E-state index is 0.879. The molecule has 4 heterocycles. The average Bonchev–Trinajstić information content (AvgIpc) is 3.84. The Kier molecular flexibility index (Phi) is 5.92. The van der Waals surface area contributed by atoms with E-state index in [0.29, 0.717) is 0 Å². The Morgan fingerprint density at radius 3 is 0.980 bits per heavy atom. The maximum atomic E-state index is 5.52. The molecule has 11 aromatic rings. The molecule has 4 heteroatoms. The van der Waals surface area contributed by atoms with Gasteiger partial charge >= 0.3 is 0 Å². The van der Waals surface area contributed by atoms with Crippen molar-refractivity contribution in [3.8, 4) is 28.5 Å². The van der Waals surface area contributed by atoms with Gasteiger partial charge in [0, 0.05) is 38.0 Å². The number of aromatic nitrogens is 4. The van der Waals surface area contributed by atoms with Crippen LogP contribution in [-0.4, -0.2) is 18.7 Å². The van der Waals surface area contributed by atoms with Crippen molar-refractivity contribution in [2.45, 2.75) is 0 Å². The molecule has 11 rings (SSSR count). The molecule has 0 aliphatic carbocycles. The predicted octanol–water partition coefficient (Wildman–Crippen LogP) is 12.0.